The van der Waals surface area contributed by atoms with Crippen molar-refractivity contribution in [1.29, 1.82) is 0 Å². The Bertz CT molecular complexity index is 935. The Morgan fingerprint density at radius 3 is 1.32 bits per heavy atom. The first-order chi connectivity index (χ1) is 29.0. The van der Waals surface area contributed by atoms with Gasteiger partial charge in [0.25, 0.3) is 0 Å². The number of carbonyl (C=O) groups is 2. The van der Waals surface area contributed by atoms with Gasteiger partial charge in [0.2, 0.25) is 5.91 Å². The Morgan fingerprint density at radius 1 is 0.492 bits per heavy atom. The minimum Gasteiger partial charge on any atom is -0.462 e. The number of hydrogen-bond acceptors (Lipinski definition) is 5. The van der Waals surface area contributed by atoms with Crippen LogP contribution in [0.15, 0.2) is 24.3 Å². The molecule has 3 N–H and O–H groups in total. The summed E-state index contributed by atoms with van der Waals surface area (Å²) in [6.07, 6.45) is 53.8. The summed E-state index contributed by atoms with van der Waals surface area (Å²) < 4.78 is 5.93. The molecule has 3 atom stereocenters. The van der Waals surface area contributed by atoms with E-state index in [1.165, 1.54) is 180 Å². The van der Waals surface area contributed by atoms with Crippen molar-refractivity contribution in [3.63, 3.8) is 0 Å². The molecular weight excluding hydrogens is 731 g/mol. The third-order valence-corrected chi connectivity index (χ3v) is 12.0. The zero-order valence-electron chi connectivity index (χ0n) is 39.7. The lowest BCUT2D eigenvalue weighted by atomic mass is 10.0. The van der Waals surface area contributed by atoms with E-state index in [2.05, 4.69) is 50.4 Å². The minimum absolute atomic E-state index is 0.0812. The van der Waals surface area contributed by atoms with Crippen molar-refractivity contribution >= 4 is 11.9 Å². The molecule has 0 saturated heterocycles. The van der Waals surface area contributed by atoms with Gasteiger partial charge in [0.1, 0.15) is 6.10 Å². The average molecular weight is 832 g/mol. The number of hydrogen-bond donors (Lipinski definition) is 3. The quantitative estimate of drug-likeness (QED) is 0.0322. The highest BCUT2D eigenvalue weighted by Gasteiger charge is 2.24. The van der Waals surface area contributed by atoms with Gasteiger partial charge in [0, 0.05) is 6.42 Å². The highest BCUT2D eigenvalue weighted by atomic mass is 16.5. The van der Waals surface area contributed by atoms with Crippen LogP contribution in [-0.2, 0) is 14.3 Å². The van der Waals surface area contributed by atoms with Crippen LogP contribution in [0.5, 0.6) is 0 Å². The van der Waals surface area contributed by atoms with E-state index in [0.29, 0.717) is 19.3 Å². The van der Waals surface area contributed by atoms with Crippen LogP contribution in [0.2, 0.25) is 0 Å². The van der Waals surface area contributed by atoms with Gasteiger partial charge in [-0.15, -0.1) is 0 Å². The molecule has 59 heavy (non-hydrogen) atoms. The van der Waals surface area contributed by atoms with Crippen LogP contribution in [-0.4, -0.2) is 46.9 Å². The van der Waals surface area contributed by atoms with Crippen molar-refractivity contribution in [3.05, 3.63) is 24.3 Å². The molecule has 0 aliphatic rings. The molecule has 0 aromatic heterocycles. The smallest absolute Gasteiger partial charge is 0.306 e. The number of esters is 1. The Kier molecular flexibility index (Phi) is 46.1. The predicted molar refractivity (Wildman–Crippen MR) is 255 cm³/mol. The highest BCUT2D eigenvalue weighted by molar-refractivity contribution is 5.77. The van der Waals surface area contributed by atoms with Gasteiger partial charge < -0.3 is 20.3 Å². The van der Waals surface area contributed by atoms with E-state index in [0.717, 1.165) is 51.4 Å². The van der Waals surface area contributed by atoms with Gasteiger partial charge in [-0.1, -0.05) is 231 Å². The van der Waals surface area contributed by atoms with Gasteiger partial charge in [-0.2, -0.15) is 0 Å². The molecule has 0 fully saturated rings. The van der Waals surface area contributed by atoms with E-state index in [9.17, 15) is 19.8 Å². The molecule has 0 rings (SSSR count). The molecule has 0 aromatic carbocycles. The second kappa shape index (κ2) is 47.4. The lowest BCUT2D eigenvalue weighted by Crippen LogP contribution is -2.46. The van der Waals surface area contributed by atoms with E-state index in [1.54, 1.807) is 0 Å². The largest absolute Gasteiger partial charge is 0.462 e. The minimum atomic E-state index is -0.782. The molecule has 6 nitrogen and oxygen atoms in total. The molecule has 0 spiro atoms. The SMILES string of the molecule is CCCCC/C=C\C/C=C\CCCCCCCCCCCC(=O)OC(CCCCCCCCCCCCC)CC(=O)NC(CO)C(O)CCCCCCCCCCCC. The Balaban J connectivity index is 4.46. The van der Waals surface area contributed by atoms with Crippen molar-refractivity contribution in [3.8, 4) is 0 Å². The van der Waals surface area contributed by atoms with E-state index in [-0.39, 0.29) is 24.9 Å². The molecule has 0 aliphatic carbocycles. The fourth-order valence-electron chi connectivity index (χ4n) is 8.05. The molecule has 0 aromatic rings. The number of aliphatic hydroxyl groups is 2. The maximum atomic E-state index is 13.2. The topological polar surface area (TPSA) is 95.9 Å². The maximum Gasteiger partial charge on any atom is 0.306 e. The average Bonchev–Trinajstić information content (AvgIpc) is 3.23. The Hall–Kier alpha value is -1.66. The number of amides is 1. The van der Waals surface area contributed by atoms with Gasteiger partial charge in [-0.05, 0) is 57.8 Å². The van der Waals surface area contributed by atoms with Crippen LogP contribution >= 0.6 is 0 Å². The third kappa shape index (κ3) is 42.8. The third-order valence-electron chi connectivity index (χ3n) is 12.0. The van der Waals surface area contributed by atoms with Crippen LogP contribution in [0.25, 0.3) is 0 Å². The standard InChI is InChI=1S/C53H101NO5/c1-4-7-10-13-16-19-22-23-24-25-26-27-28-29-31-34-37-40-43-46-53(58)59-49(44-41-38-35-32-30-20-17-14-11-8-5-2)47-52(57)54-50(48-55)51(56)45-42-39-36-33-21-18-15-12-9-6-3/h16,19,23-24,49-51,55-56H,4-15,17-18,20-22,25-48H2,1-3H3,(H,54,57)/b19-16-,24-23-. The number of ether oxygens (including phenoxy) is 1. The molecule has 6 heteroatoms. The fraction of sp³-hybridized carbons (Fsp3) is 0.887. The van der Waals surface area contributed by atoms with Crippen molar-refractivity contribution < 1.29 is 24.5 Å². The first kappa shape index (κ1) is 57.3. The summed E-state index contributed by atoms with van der Waals surface area (Å²) in [7, 11) is 0. The van der Waals surface area contributed by atoms with Crippen LogP contribution < -0.4 is 5.32 Å². The van der Waals surface area contributed by atoms with Crippen molar-refractivity contribution in [1.82, 2.24) is 5.32 Å². The second-order valence-corrected chi connectivity index (χ2v) is 17.9. The maximum absolute atomic E-state index is 13.2. The molecule has 0 heterocycles. The number of carbonyl (C=O) groups excluding carboxylic acids is 2. The summed E-state index contributed by atoms with van der Waals surface area (Å²) in [5, 5.41) is 23.7. The van der Waals surface area contributed by atoms with Gasteiger partial charge in [0.15, 0.2) is 0 Å². The Morgan fingerprint density at radius 2 is 0.864 bits per heavy atom. The molecule has 0 bridgehead atoms. The predicted octanol–water partition coefficient (Wildman–Crippen LogP) is 15.5. The number of unbranched alkanes of at least 4 members (excludes halogenated alkanes) is 31. The van der Waals surface area contributed by atoms with Gasteiger partial charge in [-0.25, -0.2) is 0 Å². The molecule has 0 saturated carbocycles. The number of rotatable bonds is 47. The zero-order valence-corrected chi connectivity index (χ0v) is 39.7. The summed E-state index contributed by atoms with van der Waals surface area (Å²) >= 11 is 0. The van der Waals surface area contributed by atoms with Crippen molar-refractivity contribution in [2.75, 3.05) is 6.61 Å². The normalized spacial score (nSPS) is 13.4. The molecule has 0 aliphatic heterocycles. The molecule has 1 amide bonds. The van der Waals surface area contributed by atoms with E-state index in [1.807, 2.05) is 0 Å². The molecule has 348 valence electrons. The lowest BCUT2D eigenvalue weighted by Gasteiger charge is -2.24. The molecule has 3 unspecified atom stereocenters. The summed E-state index contributed by atoms with van der Waals surface area (Å²) in [6.45, 7) is 6.46. The zero-order chi connectivity index (χ0) is 43.1. The molecule has 0 radical (unpaired) electrons. The summed E-state index contributed by atoms with van der Waals surface area (Å²) in [4.78, 5) is 26.1. The van der Waals surface area contributed by atoms with Crippen LogP contribution in [0.3, 0.4) is 0 Å². The molecular formula is C53H101NO5. The lowest BCUT2D eigenvalue weighted by molar-refractivity contribution is -0.151. The fourth-order valence-corrected chi connectivity index (χ4v) is 8.05. The van der Waals surface area contributed by atoms with Crippen LogP contribution in [0.1, 0.15) is 278 Å². The number of aliphatic hydroxyl groups excluding tert-OH is 2. The summed E-state index contributed by atoms with van der Waals surface area (Å²) in [5.74, 6) is -0.466. The van der Waals surface area contributed by atoms with E-state index < -0.39 is 18.2 Å². The number of allylic oxidation sites excluding steroid dienone is 4. The van der Waals surface area contributed by atoms with Crippen LogP contribution in [0.4, 0.5) is 0 Å². The van der Waals surface area contributed by atoms with Gasteiger partial charge in [-0.3, -0.25) is 9.59 Å². The monoisotopic (exact) mass is 832 g/mol. The van der Waals surface area contributed by atoms with Crippen LogP contribution in [0, 0.1) is 0 Å². The number of nitrogens with one attached hydrogen (secondary N) is 1. The van der Waals surface area contributed by atoms with Crippen molar-refractivity contribution in [2.24, 2.45) is 0 Å². The second-order valence-electron chi connectivity index (χ2n) is 17.9. The van der Waals surface area contributed by atoms with Gasteiger partial charge in [0.05, 0.1) is 25.2 Å². The Labute approximate surface area is 367 Å². The first-order valence-electron chi connectivity index (χ1n) is 26.1. The van der Waals surface area contributed by atoms with Crippen molar-refractivity contribution in [2.45, 2.75) is 296 Å². The van der Waals surface area contributed by atoms with E-state index in [4.69, 9.17) is 4.74 Å². The van der Waals surface area contributed by atoms with Gasteiger partial charge >= 0.3 is 5.97 Å². The highest BCUT2D eigenvalue weighted by Crippen LogP contribution is 2.18. The first-order valence-corrected chi connectivity index (χ1v) is 26.1. The van der Waals surface area contributed by atoms with E-state index >= 15 is 0 Å². The summed E-state index contributed by atoms with van der Waals surface area (Å²) in [6, 6.07) is -0.695. The summed E-state index contributed by atoms with van der Waals surface area (Å²) in [5.41, 5.74) is 0.